The molecule has 1 atom stereocenters. The van der Waals surface area contributed by atoms with Crippen LogP contribution in [-0.4, -0.2) is 35.8 Å². The number of aryl methyl sites for hydroxylation is 2. The van der Waals surface area contributed by atoms with Gasteiger partial charge in [0.05, 0.1) is 16.2 Å². The standard InChI is InChI=1S/C19H24N4O3S/c1-13-12-21-18(20)16-17(13)23(19(22-16)14(2)26-3)10-7-11-27(24,25)15-8-5-4-6-9-15/h4-6,8-9,12,14H,7,10-11H2,1-3H3,(H2,20,21). The van der Waals surface area contributed by atoms with Crippen molar-refractivity contribution in [2.24, 2.45) is 0 Å². The summed E-state index contributed by atoms with van der Waals surface area (Å²) in [7, 11) is -1.71. The molecule has 0 spiro atoms. The van der Waals surface area contributed by atoms with Crippen LogP contribution in [0.2, 0.25) is 0 Å². The maximum atomic E-state index is 12.5. The molecule has 3 rings (SSSR count). The number of ether oxygens (including phenoxy) is 1. The van der Waals surface area contributed by atoms with Crippen LogP contribution in [0.5, 0.6) is 0 Å². The van der Waals surface area contributed by atoms with Crippen LogP contribution in [0.4, 0.5) is 5.82 Å². The van der Waals surface area contributed by atoms with E-state index in [4.69, 9.17) is 10.5 Å². The van der Waals surface area contributed by atoms with Crippen molar-refractivity contribution in [3.05, 3.63) is 47.9 Å². The van der Waals surface area contributed by atoms with E-state index in [2.05, 4.69) is 9.97 Å². The molecule has 0 fully saturated rings. The Morgan fingerprint density at radius 1 is 1.26 bits per heavy atom. The van der Waals surface area contributed by atoms with Gasteiger partial charge in [0.15, 0.2) is 15.7 Å². The number of nitrogens with zero attached hydrogens (tertiary/aromatic N) is 3. The molecule has 0 aliphatic carbocycles. The molecule has 8 heteroatoms. The fourth-order valence-electron chi connectivity index (χ4n) is 3.14. The summed E-state index contributed by atoms with van der Waals surface area (Å²) in [5.41, 5.74) is 8.43. The average molecular weight is 388 g/mol. The first-order chi connectivity index (χ1) is 12.8. The van der Waals surface area contributed by atoms with Crippen LogP contribution in [0.1, 0.15) is 30.8 Å². The van der Waals surface area contributed by atoms with Crippen molar-refractivity contribution in [1.82, 2.24) is 14.5 Å². The molecule has 0 saturated carbocycles. The van der Waals surface area contributed by atoms with E-state index in [9.17, 15) is 8.42 Å². The summed E-state index contributed by atoms with van der Waals surface area (Å²) >= 11 is 0. The lowest BCUT2D eigenvalue weighted by atomic mass is 10.2. The second-order valence-corrected chi connectivity index (χ2v) is 8.62. The van der Waals surface area contributed by atoms with E-state index in [0.717, 1.165) is 11.1 Å². The summed E-state index contributed by atoms with van der Waals surface area (Å²) in [5.74, 6) is 1.13. The predicted molar refractivity (Wildman–Crippen MR) is 105 cm³/mol. The highest BCUT2D eigenvalue weighted by atomic mass is 32.2. The Morgan fingerprint density at radius 2 is 1.96 bits per heavy atom. The first kappa shape index (κ1) is 19.3. The number of fused-ring (bicyclic) bond motifs is 1. The van der Waals surface area contributed by atoms with Crippen molar-refractivity contribution in [3.8, 4) is 0 Å². The second-order valence-electron chi connectivity index (χ2n) is 6.51. The number of rotatable bonds is 7. The molecule has 27 heavy (non-hydrogen) atoms. The van der Waals surface area contributed by atoms with E-state index >= 15 is 0 Å². The van der Waals surface area contributed by atoms with Gasteiger partial charge in [-0.3, -0.25) is 0 Å². The highest BCUT2D eigenvalue weighted by molar-refractivity contribution is 7.91. The van der Waals surface area contributed by atoms with E-state index in [1.165, 1.54) is 0 Å². The number of pyridine rings is 1. The van der Waals surface area contributed by atoms with Gasteiger partial charge in [0.25, 0.3) is 0 Å². The molecule has 0 radical (unpaired) electrons. The third-order valence-electron chi connectivity index (χ3n) is 4.62. The Bertz CT molecular complexity index is 1050. The smallest absolute Gasteiger partial charge is 0.178 e. The maximum absolute atomic E-state index is 12.5. The van der Waals surface area contributed by atoms with Gasteiger partial charge in [-0.1, -0.05) is 18.2 Å². The number of hydrogen-bond acceptors (Lipinski definition) is 6. The molecule has 144 valence electrons. The highest BCUT2D eigenvalue weighted by Gasteiger charge is 2.21. The van der Waals surface area contributed by atoms with Gasteiger partial charge >= 0.3 is 0 Å². The Balaban J connectivity index is 1.91. The van der Waals surface area contributed by atoms with E-state index < -0.39 is 9.84 Å². The molecular formula is C19H24N4O3S. The first-order valence-electron chi connectivity index (χ1n) is 8.77. The lowest BCUT2D eigenvalue weighted by Crippen LogP contribution is -2.13. The molecule has 0 bridgehead atoms. The topological polar surface area (TPSA) is 100 Å². The zero-order chi connectivity index (χ0) is 19.6. The third-order valence-corrected chi connectivity index (χ3v) is 6.44. The zero-order valence-electron chi connectivity index (χ0n) is 15.7. The maximum Gasteiger partial charge on any atom is 0.178 e. The summed E-state index contributed by atoms with van der Waals surface area (Å²) < 4.78 is 32.5. The van der Waals surface area contributed by atoms with Gasteiger partial charge in [-0.2, -0.15) is 0 Å². The minimum atomic E-state index is -3.33. The van der Waals surface area contributed by atoms with E-state index in [1.807, 2.05) is 18.4 Å². The lowest BCUT2D eigenvalue weighted by molar-refractivity contribution is 0.109. The number of imidazole rings is 1. The SMILES string of the molecule is COC(C)c1nc2c(N)ncc(C)c2n1CCCS(=O)(=O)c1ccccc1. The average Bonchev–Trinajstić information content (AvgIpc) is 3.05. The predicted octanol–water partition coefficient (Wildman–Crippen LogP) is 2.89. The molecule has 2 N–H and O–H groups in total. The molecule has 7 nitrogen and oxygen atoms in total. The molecule has 1 aromatic carbocycles. The van der Waals surface area contributed by atoms with Crippen molar-refractivity contribution in [2.45, 2.75) is 37.8 Å². The molecule has 2 aromatic heterocycles. The van der Waals surface area contributed by atoms with Crippen molar-refractivity contribution in [3.63, 3.8) is 0 Å². The largest absolute Gasteiger partial charge is 0.382 e. The van der Waals surface area contributed by atoms with E-state index in [1.54, 1.807) is 43.6 Å². The van der Waals surface area contributed by atoms with Gasteiger partial charge in [0.2, 0.25) is 0 Å². The van der Waals surface area contributed by atoms with Crippen LogP contribution in [0, 0.1) is 6.92 Å². The van der Waals surface area contributed by atoms with Gasteiger partial charge < -0.3 is 15.0 Å². The van der Waals surface area contributed by atoms with Crippen molar-refractivity contribution >= 4 is 26.7 Å². The zero-order valence-corrected chi connectivity index (χ0v) is 16.5. The highest BCUT2D eigenvalue weighted by Crippen LogP contribution is 2.28. The minimum Gasteiger partial charge on any atom is -0.382 e. The summed E-state index contributed by atoms with van der Waals surface area (Å²) in [6.07, 6.45) is 1.91. The van der Waals surface area contributed by atoms with Crippen LogP contribution in [0.15, 0.2) is 41.4 Å². The normalized spacial score (nSPS) is 13.1. The number of sulfone groups is 1. The summed E-state index contributed by atoms with van der Waals surface area (Å²) in [6, 6.07) is 8.51. The molecule has 3 aromatic rings. The lowest BCUT2D eigenvalue weighted by Gasteiger charge is -2.14. The minimum absolute atomic E-state index is 0.0527. The molecule has 2 heterocycles. The number of nitrogen functional groups attached to an aromatic ring is 1. The number of anilines is 1. The Labute approximate surface area is 159 Å². The molecule has 0 saturated heterocycles. The molecular weight excluding hydrogens is 364 g/mol. The van der Waals surface area contributed by atoms with Crippen molar-refractivity contribution in [2.75, 3.05) is 18.6 Å². The van der Waals surface area contributed by atoms with Gasteiger partial charge in [-0.05, 0) is 38.0 Å². The number of nitrogens with two attached hydrogens (primary N) is 1. The van der Waals surface area contributed by atoms with Crippen LogP contribution in [0.25, 0.3) is 11.0 Å². The molecule has 0 aliphatic heterocycles. The van der Waals surface area contributed by atoms with Crippen LogP contribution >= 0.6 is 0 Å². The monoisotopic (exact) mass is 388 g/mol. The summed E-state index contributed by atoms with van der Waals surface area (Å²) in [5, 5.41) is 0. The molecule has 0 amide bonds. The van der Waals surface area contributed by atoms with Crippen molar-refractivity contribution in [1.29, 1.82) is 0 Å². The van der Waals surface area contributed by atoms with Crippen LogP contribution < -0.4 is 5.73 Å². The van der Waals surface area contributed by atoms with E-state index in [-0.39, 0.29) is 11.9 Å². The molecule has 0 aliphatic rings. The van der Waals surface area contributed by atoms with Gasteiger partial charge in [0.1, 0.15) is 17.4 Å². The summed E-state index contributed by atoms with van der Waals surface area (Å²) in [6.45, 7) is 4.34. The fraction of sp³-hybridized carbons (Fsp3) is 0.368. The molecule has 1 unspecified atom stereocenters. The fourth-order valence-corrected chi connectivity index (χ4v) is 4.45. The third kappa shape index (κ3) is 3.81. The van der Waals surface area contributed by atoms with Gasteiger partial charge in [0, 0.05) is 19.9 Å². The van der Waals surface area contributed by atoms with Crippen molar-refractivity contribution < 1.29 is 13.2 Å². The van der Waals surface area contributed by atoms with E-state index in [0.29, 0.717) is 35.0 Å². The Morgan fingerprint density at radius 3 is 2.63 bits per heavy atom. The Hall–Kier alpha value is -2.45. The summed E-state index contributed by atoms with van der Waals surface area (Å²) in [4.78, 5) is 9.13. The quantitative estimate of drug-likeness (QED) is 0.668. The number of methoxy groups -OCH3 is 1. The van der Waals surface area contributed by atoms with Gasteiger partial charge in [-0.15, -0.1) is 0 Å². The number of hydrogen-bond donors (Lipinski definition) is 1. The first-order valence-corrected chi connectivity index (χ1v) is 10.4. The van der Waals surface area contributed by atoms with Crippen LogP contribution in [-0.2, 0) is 21.1 Å². The van der Waals surface area contributed by atoms with Gasteiger partial charge in [-0.25, -0.2) is 18.4 Å². The number of aromatic nitrogens is 3. The van der Waals surface area contributed by atoms with Crippen LogP contribution in [0.3, 0.4) is 0 Å². The Kier molecular flexibility index (Phi) is 5.48. The number of benzene rings is 1. The second kappa shape index (κ2) is 7.66.